The molecular formula is C14H17BrN2O2. The van der Waals surface area contributed by atoms with E-state index in [1.807, 2.05) is 31.2 Å². The topological polar surface area (TPSA) is 47.3 Å². The fourth-order valence-electron chi connectivity index (χ4n) is 1.81. The van der Waals surface area contributed by atoms with Crippen LogP contribution in [-0.4, -0.2) is 25.4 Å². The van der Waals surface area contributed by atoms with Crippen molar-refractivity contribution in [2.45, 2.75) is 13.5 Å². The maximum Gasteiger partial charge on any atom is 0.170 e. The number of hydrogen-bond donors (Lipinski definition) is 1. The van der Waals surface area contributed by atoms with E-state index in [1.54, 1.807) is 7.11 Å². The number of rotatable bonds is 6. The van der Waals surface area contributed by atoms with Gasteiger partial charge in [0.25, 0.3) is 0 Å². The molecule has 0 radical (unpaired) electrons. The molecule has 0 fully saturated rings. The molecule has 0 bridgehead atoms. The molecule has 0 aliphatic heterocycles. The highest BCUT2D eigenvalue weighted by Gasteiger charge is 2.13. The minimum absolute atomic E-state index is 0.687. The summed E-state index contributed by atoms with van der Waals surface area (Å²) >= 11 is 3.46. The first-order valence-corrected chi connectivity index (χ1v) is 6.92. The number of nitrogens with zero attached hydrogens (tertiary/aromatic N) is 1. The molecule has 102 valence electrons. The summed E-state index contributed by atoms with van der Waals surface area (Å²) in [6.07, 6.45) is 0. The molecule has 19 heavy (non-hydrogen) atoms. The lowest BCUT2D eigenvalue weighted by atomic mass is 10.1. The molecule has 0 saturated heterocycles. The van der Waals surface area contributed by atoms with Gasteiger partial charge in [0.2, 0.25) is 0 Å². The van der Waals surface area contributed by atoms with Gasteiger partial charge in [-0.15, -0.1) is 0 Å². The van der Waals surface area contributed by atoms with E-state index in [0.717, 1.165) is 33.6 Å². The molecular weight excluding hydrogens is 308 g/mol. The first kappa shape index (κ1) is 14.2. The van der Waals surface area contributed by atoms with Crippen molar-refractivity contribution in [3.8, 4) is 11.3 Å². The summed E-state index contributed by atoms with van der Waals surface area (Å²) in [6.45, 7) is 4.21. The van der Waals surface area contributed by atoms with E-state index >= 15 is 0 Å². The van der Waals surface area contributed by atoms with E-state index in [1.165, 1.54) is 0 Å². The predicted molar refractivity (Wildman–Crippen MR) is 78.0 cm³/mol. The first-order chi connectivity index (χ1) is 9.22. The molecule has 1 aromatic carbocycles. The van der Waals surface area contributed by atoms with Gasteiger partial charge in [-0.3, -0.25) is 0 Å². The van der Waals surface area contributed by atoms with E-state index in [4.69, 9.17) is 9.26 Å². The van der Waals surface area contributed by atoms with Crippen molar-refractivity contribution in [2.24, 2.45) is 0 Å². The van der Waals surface area contributed by atoms with Crippen LogP contribution in [0.4, 0.5) is 0 Å². The Hall–Kier alpha value is -1.17. The average Bonchev–Trinajstić information content (AvgIpc) is 2.76. The SMILES string of the molecule is COCCNCc1noc(-c2cccc(Br)c2)c1C. The van der Waals surface area contributed by atoms with Crippen molar-refractivity contribution < 1.29 is 9.26 Å². The molecule has 0 atom stereocenters. The molecule has 0 amide bonds. The average molecular weight is 325 g/mol. The summed E-state index contributed by atoms with van der Waals surface area (Å²) in [6, 6.07) is 8.01. The van der Waals surface area contributed by atoms with Crippen LogP contribution >= 0.6 is 15.9 Å². The molecule has 4 nitrogen and oxygen atoms in total. The molecule has 5 heteroatoms. The van der Waals surface area contributed by atoms with E-state index in [9.17, 15) is 0 Å². The van der Waals surface area contributed by atoms with Crippen LogP contribution in [-0.2, 0) is 11.3 Å². The molecule has 0 saturated carbocycles. The lowest BCUT2D eigenvalue weighted by Crippen LogP contribution is -2.19. The third kappa shape index (κ3) is 3.65. The van der Waals surface area contributed by atoms with Crippen molar-refractivity contribution >= 4 is 15.9 Å². The van der Waals surface area contributed by atoms with Crippen molar-refractivity contribution in [3.63, 3.8) is 0 Å². The maximum absolute atomic E-state index is 5.45. The number of halogens is 1. The number of benzene rings is 1. The van der Waals surface area contributed by atoms with Gasteiger partial charge in [0.05, 0.1) is 6.61 Å². The molecule has 0 spiro atoms. The highest BCUT2D eigenvalue weighted by molar-refractivity contribution is 9.10. The number of nitrogens with one attached hydrogen (secondary N) is 1. The summed E-state index contributed by atoms with van der Waals surface area (Å²) in [5.74, 6) is 0.824. The molecule has 2 rings (SSSR count). The molecule has 1 N–H and O–H groups in total. The standard InChI is InChI=1S/C14H17BrN2O2/c1-10-13(9-16-6-7-18-2)17-19-14(10)11-4-3-5-12(15)8-11/h3-5,8,16H,6-7,9H2,1-2H3. The van der Waals surface area contributed by atoms with E-state index < -0.39 is 0 Å². The van der Waals surface area contributed by atoms with Crippen LogP contribution in [0.5, 0.6) is 0 Å². The minimum Gasteiger partial charge on any atom is -0.383 e. The molecule has 0 aliphatic rings. The van der Waals surface area contributed by atoms with E-state index in [-0.39, 0.29) is 0 Å². The maximum atomic E-state index is 5.45. The Labute approximate surface area is 121 Å². The Balaban J connectivity index is 2.10. The molecule has 0 aliphatic carbocycles. The summed E-state index contributed by atoms with van der Waals surface area (Å²) in [4.78, 5) is 0. The van der Waals surface area contributed by atoms with Gasteiger partial charge in [-0.1, -0.05) is 33.2 Å². The number of aromatic nitrogens is 1. The number of hydrogen-bond acceptors (Lipinski definition) is 4. The van der Waals surface area contributed by atoms with Crippen LogP contribution < -0.4 is 5.32 Å². The van der Waals surface area contributed by atoms with Crippen LogP contribution in [0.15, 0.2) is 33.3 Å². The third-order valence-corrected chi connectivity index (χ3v) is 3.38. The van der Waals surface area contributed by atoms with Gasteiger partial charge in [-0.25, -0.2) is 0 Å². The monoisotopic (exact) mass is 324 g/mol. The van der Waals surface area contributed by atoms with Crippen LogP contribution in [0, 0.1) is 6.92 Å². The smallest absolute Gasteiger partial charge is 0.170 e. The normalized spacial score (nSPS) is 10.9. The molecule has 1 aromatic heterocycles. The summed E-state index contributed by atoms with van der Waals surface area (Å²) in [7, 11) is 1.69. The molecule has 1 heterocycles. The highest BCUT2D eigenvalue weighted by Crippen LogP contribution is 2.27. The van der Waals surface area contributed by atoms with E-state index in [0.29, 0.717) is 13.2 Å². The fourth-order valence-corrected chi connectivity index (χ4v) is 2.21. The fraction of sp³-hybridized carbons (Fsp3) is 0.357. The minimum atomic E-state index is 0.687. The zero-order valence-electron chi connectivity index (χ0n) is 11.1. The predicted octanol–water partition coefficient (Wildman–Crippen LogP) is 3.15. The molecule has 2 aromatic rings. The lowest BCUT2D eigenvalue weighted by Gasteiger charge is -2.02. The summed E-state index contributed by atoms with van der Waals surface area (Å²) in [5.41, 5.74) is 3.04. The van der Waals surface area contributed by atoms with Crippen molar-refractivity contribution in [1.82, 2.24) is 10.5 Å². The number of methoxy groups -OCH3 is 1. The lowest BCUT2D eigenvalue weighted by molar-refractivity contribution is 0.199. The van der Waals surface area contributed by atoms with Crippen LogP contribution in [0.1, 0.15) is 11.3 Å². The quantitative estimate of drug-likeness (QED) is 0.829. The van der Waals surface area contributed by atoms with Gasteiger partial charge in [-0.2, -0.15) is 0 Å². The van der Waals surface area contributed by atoms with Crippen LogP contribution in [0.2, 0.25) is 0 Å². The van der Waals surface area contributed by atoms with Crippen molar-refractivity contribution in [2.75, 3.05) is 20.3 Å². The van der Waals surface area contributed by atoms with Gasteiger partial charge >= 0.3 is 0 Å². The zero-order chi connectivity index (χ0) is 13.7. The highest BCUT2D eigenvalue weighted by atomic mass is 79.9. The van der Waals surface area contributed by atoms with Gasteiger partial charge in [-0.05, 0) is 19.1 Å². The van der Waals surface area contributed by atoms with Gasteiger partial charge in [0.15, 0.2) is 5.76 Å². The zero-order valence-corrected chi connectivity index (χ0v) is 12.7. The largest absolute Gasteiger partial charge is 0.383 e. The first-order valence-electron chi connectivity index (χ1n) is 6.13. The van der Waals surface area contributed by atoms with E-state index in [2.05, 4.69) is 26.4 Å². The van der Waals surface area contributed by atoms with Crippen molar-refractivity contribution in [1.29, 1.82) is 0 Å². The summed E-state index contributed by atoms with van der Waals surface area (Å²) in [5, 5.41) is 7.39. The Morgan fingerprint density at radius 2 is 2.26 bits per heavy atom. The van der Waals surface area contributed by atoms with Gasteiger partial charge in [0, 0.05) is 35.8 Å². The number of ether oxygens (including phenoxy) is 1. The molecule has 0 unspecified atom stereocenters. The second-order valence-electron chi connectivity index (χ2n) is 4.26. The third-order valence-electron chi connectivity index (χ3n) is 2.88. The second kappa shape index (κ2) is 6.84. The van der Waals surface area contributed by atoms with Crippen LogP contribution in [0.3, 0.4) is 0 Å². The Kier molecular flexibility index (Phi) is 5.13. The van der Waals surface area contributed by atoms with Crippen LogP contribution in [0.25, 0.3) is 11.3 Å². The Bertz CT molecular complexity index is 540. The second-order valence-corrected chi connectivity index (χ2v) is 5.18. The van der Waals surface area contributed by atoms with Crippen molar-refractivity contribution in [3.05, 3.63) is 40.0 Å². The Morgan fingerprint density at radius 3 is 3.00 bits per heavy atom. The van der Waals surface area contributed by atoms with Gasteiger partial charge < -0.3 is 14.6 Å². The summed E-state index contributed by atoms with van der Waals surface area (Å²) < 4.78 is 11.5. The Morgan fingerprint density at radius 1 is 1.42 bits per heavy atom. The van der Waals surface area contributed by atoms with Gasteiger partial charge in [0.1, 0.15) is 5.69 Å².